The normalized spacial score (nSPS) is 20.1. The molecule has 0 amide bonds. The van der Waals surface area contributed by atoms with E-state index in [4.69, 9.17) is 11.6 Å². The van der Waals surface area contributed by atoms with Crippen LogP contribution in [0.4, 0.5) is 0 Å². The molecule has 0 saturated carbocycles. The molecule has 2 unspecified atom stereocenters. The highest BCUT2D eigenvalue weighted by atomic mass is 35.5. The Bertz CT molecular complexity index is 356. The lowest BCUT2D eigenvalue weighted by Gasteiger charge is -2.23. The second kappa shape index (κ2) is 6.83. The van der Waals surface area contributed by atoms with Gasteiger partial charge in [-0.25, -0.2) is 0 Å². The zero-order chi connectivity index (χ0) is 13.0. The highest BCUT2D eigenvalue weighted by molar-refractivity contribution is 8.00. The van der Waals surface area contributed by atoms with Crippen molar-refractivity contribution in [2.24, 2.45) is 5.92 Å². The molecule has 1 nitrogen and oxygen atoms in total. The fraction of sp³-hybridized carbons (Fsp3) is 0.600. The number of nitrogens with one attached hydrogen (secondary N) is 1. The van der Waals surface area contributed by atoms with E-state index in [9.17, 15) is 0 Å². The monoisotopic (exact) mass is 283 g/mol. The number of halogens is 1. The lowest BCUT2D eigenvalue weighted by molar-refractivity contribution is 0.391. The number of fused-ring (bicyclic) bond motifs is 1. The van der Waals surface area contributed by atoms with Gasteiger partial charge in [0.15, 0.2) is 0 Å². The molecule has 1 aromatic rings. The first kappa shape index (κ1) is 14.2. The highest BCUT2D eigenvalue weighted by Gasteiger charge is 2.22. The summed E-state index contributed by atoms with van der Waals surface area (Å²) in [6, 6.07) is 9.30. The SMILES string of the molecule is CC(C)C(CCCl)NCC1Cc2ccccc2S1. The van der Waals surface area contributed by atoms with Crippen molar-refractivity contribution in [3.05, 3.63) is 29.8 Å². The van der Waals surface area contributed by atoms with Gasteiger partial charge in [0.1, 0.15) is 0 Å². The summed E-state index contributed by atoms with van der Waals surface area (Å²) in [5, 5.41) is 4.37. The quantitative estimate of drug-likeness (QED) is 0.794. The van der Waals surface area contributed by atoms with Crippen molar-refractivity contribution in [1.82, 2.24) is 5.32 Å². The Kier molecular flexibility index (Phi) is 5.40. The predicted octanol–water partition coefficient (Wildman–Crippen LogP) is 3.95. The molecule has 1 aliphatic rings. The van der Waals surface area contributed by atoms with Crippen LogP contribution < -0.4 is 5.32 Å². The maximum absolute atomic E-state index is 5.86. The Balaban J connectivity index is 1.82. The van der Waals surface area contributed by atoms with Crippen molar-refractivity contribution in [2.75, 3.05) is 12.4 Å². The van der Waals surface area contributed by atoms with E-state index < -0.39 is 0 Å². The van der Waals surface area contributed by atoms with Crippen LogP contribution in [0, 0.1) is 5.92 Å². The molecule has 2 rings (SSSR count). The second-order valence-electron chi connectivity index (χ2n) is 5.29. The molecule has 1 N–H and O–H groups in total. The summed E-state index contributed by atoms with van der Waals surface area (Å²) in [7, 11) is 0. The van der Waals surface area contributed by atoms with Crippen LogP contribution in [-0.2, 0) is 6.42 Å². The number of rotatable bonds is 6. The first-order valence-corrected chi connectivity index (χ1v) is 8.16. The van der Waals surface area contributed by atoms with Gasteiger partial charge in [0, 0.05) is 28.6 Å². The van der Waals surface area contributed by atoms with E-state index in [1.54, 1.807) is 0 Å². The zero-order valence-corrected chi connectivity index (χ0v) is 12.7. The van der Waals surface area contributed by atoms with E-state index in [2.05, 4.69) is 43.4 Å². The van der Waals surface area contributed by atoms with Gasteiger partial charge in [-0.05, 0) is 30.4 Å². The number of hydrogen-bond acceptors (Lipinski definition) is 2. The molecule has 0 bridgehead atoms. The number of hydrogen-bond donors (Lipinski definition) is 1. The fourth-order valence-corrected chi connectivity index (χ4v) is 3.94. The third kappa shape index (κ3) is 3.66. The molecule has 1 aliphatic heterocycles. The van der Waals surface area contributed by atoms with Crippen LogP contribution in [0.5, 0.6) is 0 Å². The predicted molar refractivity (Wildman–Crippen MR) is 81.8 cm³/mol. The van der Waals surface area contributed by atoms with Gasteiger partial charge in [0.05, 0.1) is 0 Å². The molecule has 1 heterocycles. The van der Waals surface area contributed by atoms with Gasteiger partial charge in [-0.2, -0.15) is 0 Å². The van der Waals surface area contributed by atoms with Gasteiger partial charge in [-0.15, -0.1) is 23.4 Å². The van der Waals surface area contributed by atoms with Gasteiger partial charge in [0.2, 0.25) is 0 Å². The Hall–Kier alpha value is -0.180. The summed E-state index contributed by atoms with van der Waals surface area (Å²) in [6.07, 6.45) is 2.25. The molecule has 0 radical (unpaired) electrons. The minimum atomic E-state index is 0.548. The first-order chi connectivity index (χ1) is 8.70. The van der Waals surface area contributed by atoms with Crippen LogP contribution in [0.25, 0.3) is 0 Å². The minimum Gasteiger partial charge on any atom is -0.313 e. The van der Waals surface area contributed by atoms with E-state index in [0.29, 0.717) is 17.2 Å². The van der Waals surface area contributed by atoms with Gasteiger partial charge < -0.3 is 5.32 Å². The molecule has 0 saturated heterocycles. The minimum absolute atomic E-state index is 0.548. The number of alkyl halides is 1. The molecule has 1 aromatic carbocycles. The average Bonchev–Trinajstić information content (AvgIpc) is 2.76. The zero-order valence-electron chi connectivity index (χ0n) is 11.2. The lowest BCUT2D eigenvalue weighted by atomic mass is 10.0. The summed E-state index contributed by atoms with van der Waals surface area (Å²) in [5.74, 6) is 1.39. The van der Waals surface area contributed by atoms with E-state index in [-0.39, 0.29) is 0 Å². The molecule has 0 fully saturated rings. The molecule has 0 aromatic heterocycles. The summed E-state index contributed by atoms with van der Waals surface area (Å²) in [6.45, 7) is 5.61. The molecular formula is C15H22ClNS. The van der Waals surface area contributed by atoms with E-state index in [1.807, 2.05) is 11.8 Å². The molecule has 18 heavy (non-hydrogen) atoms. The number of benzene rings is 1. The topological polar surface area (TPSA) is 12.0 Å². The maximum Gasteiger partial charge on any atom is 0.0260 e. The van der Waals surface area contributed by atoms with Crippen molar-refractivity contribution < 1.29 is 0 Å². The van der Waals surface area contributed by atoms with Crippen LogP contribution >= 0.6 is 23.4 Å². The van der Waals surface area contributed by atoms with Crippen LogP contribution in [0.1, 0.15) is 25.8 Å². The highest BCUT2D eigenvalue weighted by Crippen LogP contribution is 2.36. The summed E-state index contributed by atoms with van der Waals surface area (Å²) >= 11 is 7.88. The Morgan fingerprint density at radius 2 is 2.17 bits per heavy atom. The largest absolute Gasteiger partial charge is 0.313 e. The molecule has 2 atom stereocenters. The van der Waals surface area contributed by atoms with Crippen LogP contribution in [0.2, 0.25) is 0 Å². The van der Waals surface area contributed by atoms with Crippen molar-refractivity contribution >= 4 is 23.4 Å². The third-order valence-electron chi connectivity index (χ3n) is 3.55. The second-order valence-corrected chi connectivity index (χ2v) is 7.01. The van der Waals surface area contributed by atoms with E-state index >= 15 is 0 Å². The van der Waals surface area contributed by atoms with E-state index in [0.717, 1.165) is 18.8 Å². The van der Waals surface area contributed by atoms with Gasteiger partial charge in [-0.1, -0.05) is 32.0 Å². The molecule has 100 valence electrons. The van der Waals surface area contributed by atoms with Crippen molar-refractivity contribution in [2.45, 2.75) is 42.9 Å². The Morgan fingerprint density at radius 3 is 2.83 bits per heavy atom. The van der Waals surface area contributed by atoms with Crippen LogP contribution in [0.15, 0.2) is 29.2 Å². The fourth-order valence-electron chi connectivity index (χ4n) is 2.44. The summed E-state index contributed by atoms with van der Waals surface area (Å²) < 4.78 is 0. The average molecular weight is 284 g/mol. The standard InChI is InChI=1S/C15H22ClNS/c1-11(2)14(7-8-16)17-10-13-9-12-5-3-4-6-15(12)18-13/h3-6,11,13-14,17H,7-10H2,1-2H3. The van der Waals surface area contributed by atoms with Gasteiger partial charge >= 0.3 is 0 Å². The molecule has 3 heteroatoms. The third-order valence-corrected chi connectivity index (χ3v) is 5.08. The van der Waals surface area contributed by atoms with Crippen molar-refractivity contribution in [1.29, 1.82) is 0 Å². The Morgan fingerprint density at radius 1 is 1.39 bits per heavy atom. The number of thioether (sulfide) groups is 1. The van der Waals surface area contributed by atoms with Gasteiger partial charge in [0.25, 0.3) is 0 Å². The smallest absolute Gasteiger partial charge is 0.0260 e. The Labute approximate surface area is 120 Å². The van der Waals surface area contributed by atoms with E-state index in [1.165, 1.54) is 16.9 Å². The molecule has 0 aliphatic carbocycles. The molecule has 0 spiro atoms. The van der Waals surface area contributed by atoms with Crippen molar-refractivity contribution in [3.63, 3.8) is 0 Å². The lowest BCUT2D eigenvalue weighted by Crippen LogP contribution is -2.38. The summed E-state index contributed by atoms with van der Waals surface area (Å²) in [5.41, 5.74) is 1.51. The van der Waals surface area contributed by atoms with Gasteiger partial charge in [-0.3, -0.25) is 0 Å². The van der Waals surface area contributed by atoms with Crippen LogP contribution in [0.3, 0.4) is 0 Å². The first-order valence-electron chi connectivity index (χ1n) is 6.74. The van der Waals surface area contributed by atoms with Crippen LogP contribution in [-0.4, -0.2) is 23.7 Å². The maximum atomic E-state index is 5.86. The summed E-state index contributed by atoms with van der Waals surface area (Å²) in [4.78, 5) is 1.46. The molecular weight excluding hydrogens is 262 g/mol. The van der Waals surface area contributed by atoms with Crippen molar-refractivity contribution in [3.8, 4) is 0 Å².